The van der Waals surface area contributed by atoms with Crippen LogP contribution in [0.2, 0.25) is 0 Å². The molecule has 2 amide bonds. The molecule has 2 saturated heterocycles. The van der Waals surface area contributed by atoms with Gasteiger partial charge in [-0.2, -0.15) is 5.10 Å². The maximum absolute atomic E-state index is 12.9. The number of aryl methyl sites for hydroxylation is 1. The second-order valence-electron chi connectivity index (χ2n) is 8.19. The van der Waals surface area contributed by atoms with Crippen LogP contribution in [0.15, 0.2) is 18.6 Å². The first kappa shape index (κ1) is 17.3. The summed E-state index contributed by atoms with van der Waals surface area (Å²) in [6, 6.07) is 1.64. The quantitative estimate of drug-likeness (QED) is 0.832. The van der Waals surface area contributed by atoms with Crippen molar-refractivity contribution in [1.82, 2.24) is 34.9 Å². The topological polar surface area (TPSA) is 108 Å². The van der Waals surface area contributed by atoms with E-state index in [-0.39, 0.29) is 29.1 Å². The molecule has 5 rings (SSSR count). The number of amides is 2. The first-order chi connectivity index (χ1) is 13.6. The zero-order valence-corrected chi connectivity index (χ0v) is 15.8. The summed E-state index contributed by atoms with van der Waals surface area (Å²) >= 11 is 0. The molecule has 2 aromatic heterocycles. The van der Waals surface area contributed by atoms with E-state index >= 15 is 0 Å². The summed E-state index contributed by atoms with van der Waals surface area (Å²) in [5, 5.41) is 7.41. The molecule has 3 aliphatic rings. The lowest BCUT2D eigenvalue weighted by Crippen LogP contribution is -2.52. The Morgan fingerprint density at radius 2 is 2.07 bits per heavy atom. The lowest BCUT2D eigenvalue weighted by atomic mass is 9.72. The maximum Gasteiger partial charge on any atom is 0.272 e. The van der Waals surface area contributed by atoms with Crippen molar-refractivity contribution < 1.29 is 9.59 Å². The van der Waals surface area contributed by atoms with E-state index in [2.05, 4.69) is 25.1 Å². The number of hydrogen-bond acceptors (Lipinski definition) is 6. The van der Waals surface area contributed by atoms with Gasteiger partial charge in [-0.25, -0.2) is 15.0 Å². The minimum atomic E-state index is -0.294. The Balaban J connectivity index is 1.43. The molecule has 0 unspecified atom stereocenters. The van der Waals surface area contributed by atoms with Crippen LogP contribution in [0.25, 0.3) is 0 Å². The van der Waals surface area contributed by atoms with Crippen molar-refractivity contribution in [3.8, 4) is 0 Å². The molecule has 9 heteroatoms. The molecule has 0 aromatic carbocycles. The Morgan fingerprint density at radius 1 is 1.25 bits per heavy atom. The number of fused-ring (bicyclic) bond motifs is 1. The van der Waals surface area contributed by atoms with Gasteiger partial charge in [0, 0.05) is 44.2 Å². The normalized spacial score (nSPS) is 27.0. The summed E-state index contributed by atoms with van der Waals surface area (Å²) in [7, 11) is 0. The van der Waals surface area contributed by atoms with Gasteiger partial charge < -0.3 is 9.80 Å². The van der Waals surface area contributed by atoms with E-state index in [0.717, 1.165) is 30.9 Å². The van der Waals surface area contributed by atoms with Crippen LogP contribution in [0.1, 0.15) is 41.4 Å². The fourth-order valence-corrected chi connectivity index (χ4v) is 4.63. The predicted octanol–water partition coefficient (Wildman–Crippen LogP) is 0.555. The molecule has 2 atom stereocenters. The van der Waals surface area contributed by atoms with E-state index in [0.29, 0.717) is 31.9 Å². The van der Waals surface area contributed by atoms with E-state index in [1.54, 1.807) is 12.3 Å². The van der Waals surface area contributed by atoms with Crippen molar-refractivity contribution >= 4 is 11.8 Å². The molecule has 3 fully saturated rings. The number of aromatic amines is 1. The smallest absolute Gasteiger partial charge is 0.272 e. The summed E-state index contributed by atoms with van der Waals surface area (Å²) in [6.45, 7) is 4.34. The fourth-order valence-electron chi connectivity index (χ4n) is 4.63. The highest BCUT2D eigenvalue weighted by Crippen LogP contribution is 2.45. The molecule has 2 aromatic rings. The highest BCUT2D eigenvalue weighted by atomic mass is 16.2. The van der Waals surface area contributed by atoms with Gasteiger partial charge in [0.1, 0.15) is 17.8 Å². The van der Waals surface area contributed by atoms with Gasteiger partial charge in [-0.15, -0.1) is 0 Å². The maximum atomic E-state index is 12.9. The molecule has 4 heterocycles. The molecule has 0 bridgehead atoms. The lowest BCUT2D eigenvalue weighted by molar-refractivity contribution is -0.131. The van der Waals surface area contributed by atoms with Crippen LogP contribution < -0.4 is 0 Å². The van der Waals surface area contributed by atoms with Crippen LogP contribution >= 0.6 is 0 Å². The van der Waals surface area contributed by atoms with E-state index in [9.17, 15) is 9.59 Å². The van der Waals surface area contributed by atoms with Crippen LogP contribution in [0.4, 0.5) is 0 Å². The van der Waals surface area contributed by atoms with Crippen LogP contribution in [-0.2, 0) is 10.2 Å². The molecule has 0 spiro atoms. The second-order valence-corrected chi connectivity index (χ2v) is 8.19. The zero-order valence-electron chi connectivity index (χ0n) is 15.8. The predicted molar refractivity (Wildman–Crippen MR) is 98.1 cm³/mol. The number of hydrogen-bond donors (Lipinski definition) is 1. The average Bonchev–Trinajstić information content (AvgIpc) is 3.36. The van der Waals surface area contributed by atoms with E-state index < -0.39 is 0 Å². The molecule has 1 saturated carbocycles. The SMILES string of the molecule is Cc1nc([C@@]23CCN(C(=O)c4ccncn4)C[C@@H]2CN(C(=O)C2CC2)C3)n[nH]1. The summed E-state index contributed by atoms with van der Waals surface area (Å²) < 4.78 is 0. The van der Waals surface area contributed by atoms with Crippen molar-refractivity contribution in [1.29, 1.82) is 0 Å². The third-order valence-electron chi connectivity index (χ3n) is 6.33. The summed E-state index contributed by atoms with van der Waals surface area (Å²) in [5.41, 5.74) is 0.109. The number of likely N-dealkylation sites (tertiary alicyclic amines) is 2. The lowest BCUT2D eigenvalue weighted by Gasteiger charge is -2.41. The zero-order chi connectivity index (χ0) is 19.3. The summed E-state index contributed by atoms with van der Waals surface area (Å²) in [6.07, 6.45) is 5.69. The summed E-state index contributed by atoms with van der Waals surface area (Å²) in [4.78, 5) is 42.1. The molecule has 2 aliphatic heterocycles. The van der Waals surface area contributed by atoms with Crippen molar-refractivity contribution in [2.24, 2.45) is 11.8 Å². The third-order valence-corrected chi connectivity index (χ3v) is 6.33. The minimum absolute atomic E-state index is 0.0888. The number of nitrogens with one attached hydrogen (secondary N) is 1. The molecule has 0 radical (unpaired) electrons. The van der Waals surface area contributed by atoms with Crippen LogP contribution in [0, 0.1) is 18.8 Å². The monoisotopic (exact) mass is 381 g/mol. The first-order valence-corrected chi connectivity index (χ1v) is 9.80. The Labute approximate surface area is 162 Å². The van der Waals surface area contributed by atoms with Gasteiger partial charge in [-0.3, -0.25) is 14.7 Å². The van der Waals surface area contributed by atoms with Gasteiger partial charge in [0.05, 0.1) is 5.41 Å². The van der Waals surface area contributed by atoms with Crippen molar-refractivity contribution in [3.63, 3.8) is 0 Å². The molecule has 9 nitrogen and oxygen atoms in total. The van der Waals surface area contributed by atoms with Gasteiger partial charge in [0.25, 0.3) is 5.91 Å². The van der Waals surface area contributed by atoms with E-state index in [1.807, 2.05) is 16.7 Å². The largest absolute Gasteiger partial charge is 0.341 e. The van der Waals surface area contributed by atoms with Crippen molar-refractivity contribution in [2.75, 3.05) is 26.2 Å². The Hall–Kier alpha value is -2.84. The van der Waals surface area contributed by atoms with Crippen molar-refractivity contribution in [2.45, 2.75) is 31.6 Å². The van der Waals surface area contributed by atoms with E-state index in [4.69, 9.17) is 0 Å². The fraction of sp³-hybridized carbons (Fsp3) is 0.579. The third kappa shape index (κ3) is 2.76. The number of nitrogens with zero attached hydrogens (tertiary/aromatic N) is 6. The highest BCUT2D eigenvalue weighted by molar-refractivity contribution is 5.92. The highest BCUT2D eigenvalue weighted by Gasteiger charge is 2.55. The van der Waals surface area contributed by atoms with Gasteiger partial charge in [0.15, 0.2) is 5.82 Å². The first-order valence-electron chi connectivity index (χ1n) is 9.80. The molecular weight excluding hydrogens is 358 g/mol. The molecular formula is C19H23N7O2. The average molecular weight is 381 g/mol. The number of H-pyrrole nitrogens is 1. The molecule has 1 N–H and O–H groups in total. The number of carbonyl (C=O) groups is 2. The number of aromatic nitrogens is 5. The molecule has 1 aliphatic carbocycles. The Bertz CT molecular complexity index is 910. The van der Waals surface area contributed by atoms with Crippen LogP contribution in [0.5, 0.6) is 0 Å². The van der Waals surface area contributed by atoms with Gasteiger partial charge in [-0.1, -0.05) is 0 Å². The Morgan fingerprint density at radius 3 is 2.75 bits per heavy atom. The van der Waals surface area contributed by atoms with Gasteiger partial charge in [-0.05, 0) is 32.3 Å². The summed E-state index contributed by atoms with van der Waals surface area (Å²) in [5.74, 6) is 2.00. The number of piperidine rings is 1. The number of carbonyl (C=O) groups excluding carboxylic acids is 2. The Kier molecular flexibility index (Phi) is 3.92. The van der Waals surface area contributed by atoms with Gasteiger partial charge in [0.2, 0.25) is 5.91 Å². The van der Waals surface area contributed by atoms with E-state index in [1.165, 1.54) is 6.33 Å². The van der Waals surface area contributed by atoms with Crippen LogP contribution in [-0.4, -0.2) is 72.9 Å². The molecule has 146 valence electrons. The minimum Gasteiger partial charge on any atom is -0.341 e. The number of rotatable bonds is 3. The second kappa shape index (κ2) is 6.35. The van der Waals surface area contributed by atoms with Crippen LogP contribution in [0.3, 0.4) is 0 Å². The van der Waals surface area contributed by atoms with Crippen molar-refractivity contribution in [3.05, 3.63) is 35.9 Å². The standard InChI is InChI=1S/C19H23N7O2/c1-12-22-18(24-23-12)19-5-7-25(17(28)15-4-6-20-11-21-15)8-14(19)9-26(10-19)16(27)13-2-3-13/h4,6,11,13-14H,2-3,5,7-10H2,1H3,(H,22,23,24)/t14-,19-/m1/s1. The molecule has 28 heavy (non-hydrogen) atoms. The van der Waals surface area contributed by atoms with Gasteiger partial charge >= 0.3 is 0 Å².